The molecule has 0 bridgehead atoms. The molecule has 1 heterocycles. The molecule has 2 aromatic carbocycles. The number of nitrogens with zero attached hydrogens (tertiary/aromatic N) is 1. The zero-order valence-electron chi connectivity index (χ0n) is 18.6. The maximum absolute atomic E-state index is 13.2. The summed E-state index contributed by atoms with van der Waals surface area (Å²) in [5.41, 5.74) is 6.25. The van der Waals surface area contributed by atoms with Gasteiger partial charge >= 0.3 is 0 Å². The largest absolute Gasteiger partial charge is 0.492 e. The van der Waals surface area contributed by atoms with E-state index in [4.69, 9.17) is 15.2 Å². The number of hydrogen-bond donors (Lipinski definition) is 2. The normalized spacial score (nSPS) is 14.5. The summed E-state index contributed by atoms with van der Waals surface area (Å²) in [5.74, 6) is -0.159. The first kappa shape index (κ1) is 24.5. The number of sulfonamides is 1. The van der Waals surface area contributed by atoms with Crippen molar-refractivity contribution >= 4 is 27.5 Å². The molecular weight excluding hydrogens is 446 g/mol. The van der Waals surface area contributed by atoms with Crippen molar-refractivity contribution in [3.8, 4) is 11.5 Å². The Kier molecular flexibility index (Phi) is 8.29. The molecule has 0 atom stereocenters. The van der Waals surface area contributed by atoms with Gasteiger partial charge in [0.05, 0.1) is 13.0 Å². The molecule has 0 aliphatic carbocycles. The van der Waals surface area contributed by atoms with E-state index in [-0.39, 0.29) is 23.7 Å². The fourth-order valence-electron chi connectivity index (χ4n) is 3.56. The predicted octanol–water partition coefficient (Wildman–Crippen LogP) is 2.31. The second kappa shape index (κ2) is 11.2. The summed E-state index contributed by atoms with van der Waals surface area (Å²) < 4.78 is 38.9. The molecule has 0 radical (unpaired) electrons. The van der Waals surface area contributed by atoms with Gasteiger partial charge < -0.3 is 20.5 Å². The molecule has 2 aromatic rings. The maximum atomic E-state index is 13.2. The minimum atomic E-state index is -3.75. The van der Waals surface area contributed by atoms with Gasteiger partial charge in [0, 0.05) is 18.8 Å². The SMILES string of the molecule is CCOc1ccc(NC(=O)COc2ccc(CC(N)=O)cc2)cc1S(=O)(=O)N1CCCCC1. The van der Waals surface area contributed by atoms with E-state index >= 15 is 0 Å². The number of nitrogens with one attached hydrogen (secondary N) is 1. The Labute approximate surface area is 193 Å². The quantitative estimate of drug-likeness (QED) is 0.543. The van der Waals surface area contributed by atoms with Crippen LogP contribution in [0.5, 0.6) is 11.5 Å². The average Bonchev–Trinajstić information content (AvgIpc) is 2.80. The van der Waals surface area contributed by atoms with Crippen LogP contribution in [-0.2, 0) is 26.0 Å². The van der Waals surface area contributed by atoms with Crippen LogP contribution in [0.2, 0.25) is 0 Å². The van der Waals surface area contributed by atoms with Crippen molar-refractivity contribution in [2.24, 2.45) is 5.73 Å². The van der Waals surface area contributed by atoms with E-state index in [0.717, 1.165) is 24.8 Å². The Morgan fingerprint density at radius 1 is 1.03 bits per heavy atom. The van der Waals surface area contributed by atoms with Crippen LogP contribution in [-0.4, -0.2) is 50.8 Å². The van der Waals surface area contributed by atoms with E-state index in [9.17, 15) is 18.0 Å². The van der Waals surface area contributed by atoms with Crippen molar-refractivity contribution in [1.29, 1.82) is 0 Å². The summed E-state index contributed by atoms with van der Waals surface area (Å²) in [6.45, 7) is 2.77. The lowest BCUT2D eigenvalue weighted by molar-refractivity contribution is -0.118. The number of benzene rings is 2. The standard InChI is InChI=1S/C23H29N3O6S/c1-2-31-20-11-8-18(15-21(20)33(29,30)26-12-4-3-5-13-26)25-23(28)16-32-19-9-6-17(7-10-19)14-22(24)27/h6-11,15H,2-5,12-14,16H2,1H3,(H2,24,27)(H,25,28). The number of ether oxygens (including phenoxy) is 2. The summed E-state index contributed by atoms with van der Waals surface area (Å²) in [7, 11) is -3.75. The van der Waals surface area contributed by atoms with Gasteiger partial charge in [0.1, 0.15) is 16.4 Å². The van der Waals surface area contributed by atoms with E-state index < -0.39 is 21.8 Å². The van der Waals surface area contributed by atoms with E-state index in [1.54, 1.807) is 43.3 Å². The molecule has 0 aromatic heterocycles. The summed E-state index contributed by atoms with van der Waals surface area (Å²) in [6.07, 6.45) is 2.77. The third kappa shape index (κ3) is 6.69. The molecule has 0 saturated carbocycles. The Balaban J connectivity index is 1.68. The number of nitrogens with two attached hydrogens (primary N) is 1. The lowest BCUT2D eigenvalue weighted by atomic mass is 10.1. The third-order valence-electron chi connectivity index (χ3n) is 5.13. The van der Waals surface area contributed by atoms with Gasteiger partial charge in [0.2, 0.25) is 15.9 Å². The predicted molar refractivity (Wildman–Crippen MR) is 124 cm³/mol. The number of carbonyl (C=O) groups excluding carboxylic acids is 2. The number of hydrogen-bond acceptors (Lipinski definition) is 6. The number of piperidine rings is 1. The van der Waals surface area contributed by atoms with Gasteiger partial charge in [-0.05, 0) is 55.7 Å². The van der Waals surface area contributed by atoms with Crippen LogP contribution in [0.1, 0.15) is 31.7 Å². The first-order valence-electron chi connectivity index (χ1n) is 10.9. The van der Waals surface area contributed by atoms with Gasteiger partial charge in [-0.3, -0.25) is 9.59 Å². The molecule has 0 spiro atoms. The van der Waals surface area contributed by atoms with Crippen LogP contribution in [0.25, 0.3) is 0 Å². The van der Waals surface area contributed by atoms with Gasteiger partial charge in [0.25, 0.3) is 5.91 Å². The number of primary amides is 1. The first-order valence-corrected chi connectivity index (χ1v) is 12.3. The van der Waals surface area contributed by atoms with Crippen LogP contribution in [0, 0.1) is 0 Å². The Morgan fingerprint density at radius 2 is 1.73 bits per heavy atom. The Morgan fingerprint density at radius 3 is 2.36 bits per heavy atom. The first-order chi connectivity index (χ1) is 15.8. The van der Waals surface area contributed by atoms with Crippen molar-refractivity contribution in [2.45, 2.75) is 37.5 Å². The molecule has 2 amide bonds. The fourth-order valence-corrected chi connectivity index (χ4v) is 5.23. The van der Waals surface area contributed by atoms with E-state index in [0.29, 0.717) is 31.1 Å². The number of anilines is 1. The summed E-state index contributed by atoms with van der Waals surface area (Å²) in [4.78, 5) is 23.4. The molecule has 1 aliphatic rings. The molecule has 178 valence electrons. The van der Waals surface area contributed by atoms with E-state index in [1.165, 1.54) is 10.4 Å². The Bertz CT molecular complexity index is 1080. The average molecular weight is 476 g/mol. The van der Waals surface area contributed by atoms with Gasteiger partial charge in [-0.1, -0.05) is 18.6 Å². The van der Waals surface area contributed by atoms with Gasteiger partial charge in [-0.25, -0.2) is 8.42 Å². The van der Waals surface area contributed by atoms with Crippen molar-refractivity contribution in [3.05, 3.63) is 48.0 Å². The minimum Gasteiger partial charge on any atom is -0.492 e. The van der Waals surface area contributed by atoms with Crippen LogP contribution in [0.4, 0.5) is 5.69 Å². The minimum absolute atomic E-state index is 0.0370. The molecule has 1 saturated heterocycles. The second-order valence-corrected chi connectivity index (χ2v) is 9.59. The van der Waals surface area contributed by atoms with E-state index in [2.05, 4.69) is 5.32 Å². The van der Waals surface area contributed by atoms with Crippen LogP contribution < -0.4 is 20.5 Å². The number of amides is 2. The highest BCUT2D eigenvalue weighted by atomic mass is 32.2. The van der Waals surface area contributed by atoms with Crippen LogP contribution in [0.3, 0.4) is 0 Å². The van der Waals surface area contributed by atoms with Crippen LogP contribution >= 0.6 is 0 Å². The van der Waals surface area contributed by atoms with Crippen molar-refractivity contribution in [1.82, 2.24) is 4.31 Å². The lowest BCUT2D eigenvalue weighted by Gasteiger charge is -2.27. The highest BCUT2D eigenvalue weighted by Gasteiger charge is 2.29. The molecule has 1 aliphatic heterocycles. The van der Waals surface area contributed by atoms with Gasteiger partial charge in [-0.2, -0.15) is 4.31 Å². The Hall–Kier alpha value is -3.11. The molecule has 9 nitrogen and oxygen atoms in total. The zero-order chi connectivity index (χ0) is 23.8. The van der Waals surface area contributed by atoms with Gasteiger partial charge in [-0.15, -0.1) is 0 Å². The van der Waals surface area contributed by atoms with Crippen molar-refractivity contribution in [3.63, 3.8) is 0 Å². The molecule has 3 N–H and O–H groups in total. The molecule has 1 fully saturated rings. The topological polar surface area (TPSA) is 128 Å². The summed E-state index contributed by atoms with van der Waals surface area (Å²) in [6, 6.07) is 11.2. The zero-order valence-corrected chi connectivity index (χ0v) is 19.4. The summed E-state index contributed by atoms with van der Waals surface area (Å²) in [5, 5.41) is 2.67. The smallest absolute Gasteiger partial charge is 0.262 e. The molecular formula is C23H29N3O6S. The highest BCUT2D eigenvalue weighted by Crippen LogP contribution is 2.31. The van der Waals surface area contributed by atoms with Crippen molar-refractivity contribution < 1.29 is 27.5 Å². The fraction of sp³-hybridized carbons (Fsp3) is 0.391. The molecule has 3 rings (SSSR count). The third-order valence-corrected chi connectivity index (χ3v) is 7.05. The number of rotatable bonds is 10. The lowest BCUT2D eigenvalue weighted by Crippen LogP contribution is -2.35. The van der Waals surface area contributed by atoms with E-state index in [1.807, 2.05) is 0 Å². The molecule has 10 heteroatoms. The van der Waals surface area contributed by atoms with Crippen LogP contribution in [0.15, 0.2) is 47.4 Å². The number of carbonyl (C=O) groups is 2. The highest BCUT2D eigenvalue weighted by molar-refractivity contribution is 7.89. The molecule has 33 heavy (non-hydrogen) atoms. The second-order valence-electron chi connectivity index (χ2n) is 7.68. The van der Waals surface area contributed by atoms with Crippen molar-refractivity contribution in [2.75, 3.05) is 31.6 Å². The van der Waals surface area contributed by atoms with Gasteiger partial charge in [0.15, 0.2) is 6.61 Å². The monoisotopic (exact) mass is 475 g/mol. The summed E-state index contributed by atoms with van der Waals surface area (Å²) >= 11 is 0. The molecule has 0 unspecified atom stereocenters. The maximum Gasteiger partial charge on any atom is 0.262 e.